The van der Waals surface area contributed by atoms with Crippen LogP contribution < -0.4 is 14.4 Å². The molecule has 0 aliphatic rings. The molecule has 0 bridgehead atoms. The number of rotatable bonds is 9. The molecule has 0 aliphatic heterocycles. The third-order valence-electron chi connectivity index (χ3n) is 4.42. The third kappa shape index (κ3) is 5.99. The lowest BCUT2D eigenvalue weighted by molar-refractivity contribution is -0.121. The molecule has 152 valence electrons. The average molecular weight is 405 g/mol. The van der Waals surface area contributed by atoms with E-state index >= 15 is 0 Å². The molecule has 7 heteroatoms. The molecule has 1 atom stereocenters. The van der Waals surface area contributed by atoms with E-state index in [0.717, 1.165) is 40.3 Å². The van der Waals surface area contributed by atoms with Gasteiger partial charge in [0, 0.05) is 6.54 Å². The summed E-state index contributed by atoms with van der Waals surface area (Å²) in [5, 5.41) is 2.84. The van der Waals surface area contributed by atoms with Crippen molar-refractivity contribution in [3.63, 3.8) is 0 Å². The second-order valence-electron chi connectivity index (χ2n) is 6.82. The SMILES string of the molecule is COc1cccc(CCCNC(=O)C(C)N(c2cccc(C)c2)S(C)(=O)=O)c1. The minimum absolute atomic E-state index is 0.322. The second-order valence-corrected chi connectivity index (χ2v) is 8.68. The first-order valence-electron chi connectivity index (χ1n) is 9.19. The van der Waals surface area contributed by atoms with E-state index in [4.69, 9.17) is 4.74 Å². The fourth-order valence-electron chi connectivity index (χ4n) is 3.05. The number of nitrogens with one attached hydrogen (secondary N) is 1. The molecule has 0 heterocycles. The van der Waals surface area contributed by atoms with Crippen LogP contribution in [0.15, 0.2) is 48.5 Å². The van der Waals surface area contributed by atoms with E-state index in [1.807, 2.05) is 37.3 Å². The van der Waals surface area contributed by atoms with Crippen LogP contribution in [0.1, 0.15) is 24.5 Å². The third-order valence-corrected chi connectivity index (χ3v) is 5.66. The number of aryl methyl sites for hydroxylation is 2. The fourth-order valence-corrected chi connectivity index (χ4v) is 4.22. The van der Waals surface area contributed by atoms with Gasteiger partial charge < -0.3 is 10.1 Å². The molecule has 0 saturated heterocycles. The van der Waals surface area contributed by atoms with E-state index in [1.165, 1.54) is 0 Å². The molecule has 0 aromatic heterocycles. The van der Waals surface area contributed by atoms with Crippen molar-refractivity contribution in [2.75, 3.05) is 24.2 Å². The molecule has 2 aromatic rings. The van der Waals surface area contributed by atoms with Crippen molar-refractivity contribution in [1.29, 1.82) is 0 Å². The van der Waals surface area contributed by atoms with Crippen LogP contribution in [-0.4, -0.2) is 40.3 Å². The molecular formula is C21H28N2O4S. The van der Waals surface area contributed by atoms with Crippen LogP contribution in [0, 0.1) is 6.92 Å². The van der Waals surface area contributed by atoms with Crippen LogP contribution >= 0.6 is 0 Å². The predicted molar refractivity (Wildman–Crippen MR) is 112 cm³/mol. The number of methoxy groups -OCH3 is 1. The Hall–Kier alpha value is -2.54. The van der Waals surface area contributed by atoms with Gasteiger partial charge >= 0.3 is 0 Å². The summed E-state index contributed by atoms with van der Waals surface area (Å²) < 4.78 is 31.0. The number of sulfonamides is 1. The molecule has 0 radical (unpaired) electrons. The number of hydrogen-bond acceptors (Lipinski definition) is 4. The number of nitrogens with zero attached hydrogens (tertiary/aromatic N) is 1. The Labute approximate surface area is 167 Å². The molecule has 2 rings (SSSR count). The molecule has 1 N–H and O–H groups in total. The number of hydrogen-bond donors (Lipinski definition) is 1. The fraction of sp³-hybridized carbons (Fsp3) is 0.381. The minimum Gasteiger partial charge on any atom is -0.497 e. The Balaban J connectivity index is 1.97. The van der Waals surface area contributed by atoms with Crippen molar-refractivity contribution in [2.24, 2.45) is 0 Å². The largest absolute Gasteiger partial charge is 0.497 e. The van der Waals surface area contributed by atoms with Crippen LogP contribution in [0.3, 0.4) is 0 Å². The van der Waals surface area contributed by atoms with Crippen molar-refractivity contribution in [2.45, 2.75) is 32.7 Å². The van der Waals surface area contributed by atoms with Crippen molar-refractivity contribution in [3.8, 4) is 5.75 Å². The molecular weight excluding hydrogens is 376 g/mol. The topological polar surface area (TPSA) is 75.7 Å². The van der Waals surface area contributed by atoms with E-state index < -0.39 is 16.1 Å². The summed E-state index contributed by atoms with van der Waals surface area (Å²) >= 11 is 0. The summed E-state index contributed by atoms with van der Waals surface area (Å²) in [5.74, 6) is 0.481. The normalized spacial score (nSPS) is 12.3. The van der Waals surface area contributed by atoms with Gasteiger partial charge in [-0.3, -0.25) is 9.10 Å². The highest BCUT2D eigenvalue weighted by Crippen LogP contribution is 2.22. The van der Waals surface area contributed by atoms with E-state index in [1.54, 1.807) is 32.2 Å². The highest BCUT2D eigenvalue weighted by molar-refractivity contribution is 7.92. The Bertz CT molecular complexity index is 912. The number of amides is 1. The zero-order valence-corrected chi connectivity index (χ0v) is 17.6. The number of carbonyl (C=O) groups is 1. The standard InChI is InChI=1S/C21H28N2O4S/c1-16-8-5-11-19(14-16)23(28(4,25)26)17(2)21(24)22-13-7-10-18-9-6-12-20(15-18)27-3/h5-6,8-9,11-12,14-15,17H,7,10,13H2,1-4H3,(H,22,24). The number of carbonyl (C=O) groups excluding carboxylic acids is 1. The van der Waals surface area contributed by atoms with Gasteiger partial charge in [0.1, 0.15) is 11.8 Å². The Morgan fingerprint density at radius 1 is 1.18 bits per heavy atom. The van der Waals surface area contributed by atoms with Crippen molar-refractivity contribution >= 4 is 21.6 Å². The van der Waals surface area contributed by atoms with E-state index in [9.17, 15) is 13.2 Å². The lowest BCUT2D eigenvalue weighted by Gasteiger charge is -2.28. The zero-order valence-electron chi connectivity index (χ0n) is 16.8. The highest BCUT2D eigenvalue weighted by atomic mass is 32.2. The Morgan fingerprint density at radius 3 is 2.54 bits per heavy atom. The van der Waals surface area contributed by atoms with Crippen LogP contribution in [0.25, 0.3) is 0 Å². The number of ether oxygens (including phenoxy) is 1. The van der Waals surface area contributed by atoms with Crippen LogP contribution in [0.5, 0.6) is 5.75 Å². The molecule has 1 amide bonds. The Kier molecular flexibility index (Phi) is 7.45. The van der Waals surface area contributed by atoms with Crippen molar-refractivity contribution in [1.82, 2.24) is 5.32 Å². The molecule has 6 nitrogen and oxygen atoms in total. The maximum absolute atomic E-state index is 12.6. The van der Waals surface area contributed by atoms with E-state index in [2.05, 4.69) is 5.32 Å². The maximum Gasteiger partial charge on any atom is 0.243 e. The van der Waals surface area contributed by atoms with Crippen LogP contribution in [0.2, 0.25) is 0 Å². The molecule has 2 aromatic carbocycles. The summed E-state index contributed by atoms with van der Waals surface area (Å²) in [6, 6.07) is 14.1. The zero-order chi connectivity index (χ0) is 20.7. The minimum atomic E-state index is -3.60. The molecule has 28 heavy (non-hydrogen) atoms. The van der Waals surface area contributed by atoms with Crippen LogP contribution in [-0.2, 0) is 21.2 Å². The first kappa shape index (κ1) is 21.8. The lowest BCUT2D eigenvalue weighted by Crippen LogP contribution is -2.48. The first-order chi connectivity index (χ1) is 13.2. The first-order valence-corrected chi connectivity index (χ1v) is 11.0. The highest BCUT2D eigenvalue weighted by Gasteiger charge is 2.28. The summed E-state index contributed by atoms with van der Waals surface area (Å²) in [4.78, 5) is 12.6. The lowest BCUT2D eigenvalue weighted by atomic mass is 10.1. The van der Waals surface area contributed by atoms with Gasteiger partial charge in [-0.1, -0.05) is 24.3 Å². The van der Waals surface area contributed by atoms with Gasteiger partial charge in [-0.15, -0.1) is 0 Å². The molecule has 0 aliphatic carbocycles. The average Bonchev–Trinajstić information content (AvgIpc) is 2.64. The summed E-state index contributed by atoms with van der Waals surface area (Å²) in [5.41, 5.74) is 2.54. The number of anilines is 1. The summed E-state index contributed by atoms with van der Waals surface area (Å²) in [7, 11) is -1.97. The predicted octanol–water partition coefficient (Wildman–Crippen LogP) is 2.91. The molecule has 0 saturated carbocycles. The van der Waals surface area contributed by atoms with Crippen molar-refractivity contribution in [3.05, 3.63) is 59.7 Å². The smallest absolute Gasteiger partial charge is 0.243 e. The maximum atomic E-state index is 12.6. The van der Waals surface area contributed by atoms with Gasteiger partial charge in [-0.05, 0) is 62.1 Å². The van der Waals surface area contributed by atoms with Gasteiger partial charge in [0.15, 0.2) is 0 Å². The molecule has 0 fully saturated rings. The molecule has 1 unspecified atom stereocenters. The van der Waals surface area contributed by atoms with Gasteiger partial charge in [-0.2, -0.15) is 0 Å². The van der Waals surface area contributed by atoms with Crippen LogP contribution in [0.4, 0.5) is 5.69 Å². The van der Waals surface area contributed by atoms with Gasteiger partial charge in [0.05, 0.1) is 19.1 Å². The quantitative estimate of drug-likeness (QED) is 0.652. The van der Waals surface area contributed by atoms with E-state index in [-0.39, 0.29) is 5.91 Å². The van der Waals surface area contributed by atoms with Gasteiger partial charge in [0.2, 0.25) is 15.9 Å². The number of benzene rings is 2. The summed E-state index contributed by atoms with van der Waals surface area (Å²) in [6.45, 7) is 3.94. The Morgan fingerprint density at radius 2 is 1.89 bits per heavy atom. The second kappa shape index (κ2) is 9.59. The van der Waals surface area contributed by atoms with Gasteiger partial charge in [0.25, 0.3) is 0 Å². The molecule has 0 spiro atoms. The van der Waals surface area contributed by atoms with Gasteiger partial charge in [-0.25, -0.2) is 8.42 Å². The summed E-state index contributed by atoms with van der Waals surface area (Å²) in [6.07, 6.45) is 2.65. The monoisotopic (exact) mass is 404 g/mol. The van der Waals surface area contributed by atoms with Crippen molar-refractivity contribution < 1.29 is 17.9 Å². The van der Waals surface area contributed by atoms with E-state index in [0.29, 0.717) is 12.2 Å².